The molecule has 0 atom stereocenters. The Morgan fingerprint density at radius 3 is 2.55 bits per heavy atom. The summed E-state index contributed by atoms with van der Waals surface area (Å²) in [5.41, 5.74) is 9.26. The van der Waals surface area contributed by atoms with E-state index in [1.807, 2.05) is 31.2 Å². The SMILES string of the molecule is Cc1cc(Cl)ccc1C(=O)NCc1ccccc1CN. The highest BCUT2D eigenvalue weighted by molar-refractivity contribution is 6.30. The highest BCUT2D eigenvalue weighted by Crippen LogP contribution is 2.15. The Balaban J connectivity index is 2.09. The summed E-state index contributed by atoms with van der Waals surface area (Å²) < 4.78 is 0. The monoisotopic (exact) mass is 288 g/mol. The van der Waals surface area contributed by atoms with Crippen LogP contribution in [-0.4, -0.2) is 5.91 Å². The van der Waals surface area contributed by atoms with Crippen molar-refractivity contribution in [3.63, 3.8) is 0 Å². The molecule has 0 fully saturated rings. The van der Waals surface area contributed by atoms with Crippen LogP contribution in [0.25, 0.3) is 0 Å². The van der Waals surface area contributed by atoms with Crippen molar-refractivity contribution in [2.24, 2.45) is 5.73 Å². The number of carbonyl (C=O) groups excluding carboxylic acids is 1. The molecule has 104 valence electrons. The second-order valence-corrected chi connectivity index (χ2v) is 5.05. The Kier molecular flexibility index (Phi) is 4.77. The highest BCUT2D eigenvalue weighted by atomic mass is 35.5. The van der Waals surface area contributed by atoms with E-state index in [0.717, 1.165) is 16.7 Å². The normalized spacial score (nSPS) is 10.3. The number of rotatable bonds is 4. The van der Waals surface area contributed by atoms with Crippen LogP contribution in [-0.2, 0) is 13.1 Å². The van der Waals surface area contributed by atoms with Gasteiger partial charge in [0.15, 0.2) is 0 Å². The molecule has 2 aromatic rings. The van der Waals surface area contributed by atoms with Crippen LogP contribution in [0.5, 0.6) is 0 Å². The van der Waals surface area contributed by atoms with Gasteiger partial charge >= 0.3 is 0 Å². The first-order valence-electron chi connectivity index (χ1n) is 6.43. The van der Waals surface area contributed by atoms with Gasteiger partial charge in [-0.15, -0.1) is 0 Å². The van der Waals surface area contributed by atoms with Crippen LogP contribution in [0.1, 0.15) is 27.0 Å². The third-order valence-electron chi connectivity index (χ3n) is 3.21. The minimum absolute atomic E-state index is 0.106. The van der Waals surface area contributed by atoms with Crippen molar-refractivity contribution < 1.29 is 4.79 Å². The van der Waals surface area contributed by atoms with Crippen molar-refractivity contribution in [1.29, 1.82) is 0 Å². The average Bonchev–Trinajstić information content (AvgIpc) is 2.45. The summed E-state index contributed by atoms with van der Waals surface area (Å²) in [6.45, 7) is 2.80. The van der Waals surface area contributed by atoms with Crippen LogP contribution >= 0.6 is 11.6 Å². The van der Waals surface area contributed by atoms with Gasteiger partial charge in [0.05, 0.1) is 0 Å². The van der Waals surface area contributed by atoms with Crippen LogP contribution in [0.3, 0.4) is 0 Å². The Labute approximate surface area is 123 Å². The number of carbonyl (C=O) groups is 1. The molecule has 2 aromatic carbocycles. The van der Waals surface area contributed by atoms with E-state index in [0.29, 0.717) is 23.7 Å². The lowest BCUT2D eigenvalue weighted by molar-refractivity contribution is 0.0950. The minimum Gasteiger partial charge on any atom is -0.348 e. The van der Waals surface area contributed by atoms with Crippen LogP contribution < -0.4 is 11.1 Å². The predicted octanol–water partition coefficient (Wildman–Crippen LogP) is 3.04. The molecule has 4 heteroatoms. The van der Waals surface area contributed by atoms with Crippen molar-refractivity contribution >= 4 is 17.5 Å². The van der Waals surface area contributed by atoms with Gasteiger partial charge in [-0.25, -0.2) is 0 Å². The fraction of sp³-hybridized carbons (Fsp3) is 0.188. The topological polar surface area (TPSA) is 55.1 Å². The number of nitrogens with one attached hydrogen (secondary N) is 1. The molecular weight excluding hydrogens is 272 g/mol. The molecule has 0 aliphatic rings. The Morgan fingerprint density at radius 1 is 1.20 bits per heavy atom. The maximum absolute atomic E-state index is 12.2. The van der Waals surface area contributed by atoms with Gasteiger partial charge in [0.1, 0.15) is 0 Å². The van der Waals surface area contributed by atoms with Gasteiger partial charge in [-0.2, -0.15) is 0 Å². The van der Waals surface area contributed by atoms with E-state index in [1.54, 1.807) is 18.2 Å². The Morgan fingerprint density at radius 2 is 1.90 bits per heavy atom. The molecule has 2 rings (SSSR count). The van der Waals surface area contributed by atoms with Gasteiger partial charge in [-0.05, 0) is 41.8 Å². The van der Waals surface area contributed by atoms with Crippen LogP contribution in [0.15, 0.2) is 42.5 Å². The minimum atomic E-state index is -0.106. The van der Waals surface area contributed by atoms with Gasteiger partial charge in [-0.1, -0.05) is 35.9 Å². The smallest absolute Gasteiger partial charge is 0.251 e. The molecule has 0 aliphatic heterocycles. The molecule has 0 spiro atoms. The molecule has 0 saturated heterocycles. The van der Waals surface area contributed by atoms with E-state index in [-0.39, 0.29) is 5.91 Å². The highest BCUT2D eigenvalue weighted by Gasteiger charge is 2.09. The van der Waals surface area contributed by atoms with Gasteiger partial charge in [0.2, 0.25) is 0 Å². The summed E-state index contributed by atoms with van der Waals surface area (Å²) in [5.74, 6) is -0.106. The lowest BCUT2D eigenvalue weighted by Crippen LogP contribution is -2.24. The number of nitrogens with two attached hydrogens (primary N) is 1. The molecule has 0 bridgehead atoms. The van der Waals surface area contributed by atoms with E-state index < -0.39 is 0 Å². The summed E-state index contributed by atoms with van der Waals surface area (Å²) in [5, 5.41) is 3.54. The van der Waals surface area contributed by atoms with Crippen LogP contribution in [0, 0.1) is 6.92 Å². The number of hydrogen-bond donors (Lipinski definition) is 2. The fourth-order valence-electron chi connectivity index (χ4n) is 2.08. The van der Waals surface area contributed by atoms with Crippen molar-refractivity contribution in [1.82, 2.24) is 5.32 Å². The molecule has 0 unspecified atom stereocenters. The predicted molar refractivity (Wildman–Crippen MR) is 81.7 cm³/mol. The third-order valence-corrected chi connectivity index (χ3v) is 3.45. The first-order chi connectivity index (χ1) is 9.61. The molecule has 1 amide bonds. The number of amides is 1. The van der Waals surface area contributed by atoms with Crippen LogP contribution in [0.4, 0.5) is 0 Å². The van der Waals surface area contributed by atoms with E-state index >= 15 is 0 Å². The first kappa shape index (κ1) is 14.6. The van der Waals surface area contributed by atoms with Crippen molar-refractivity contribution in [2.45, 2.75) is 20.0 Å². The number of aryl methyl sites for hydroxylation is 1. The second kappa shape index (κ2) is 6.55. The molecule has 0 radical (unpaired) electrons. The number of hydrogen-bond acceptors (Lipinski definition) is 2. The van der Waals surface area contributed by atoms with E-state index in [4.69, 9.17) is 17.3 Å². The van der Waals surface area contributed by atoms with E-state index in [9.17, 15) is 4.79 Å². The van der Waals surface area contributed by atoms with Crippen molar-refractivity contribution in [2.75, 3.05) is 0 Å². The zero-order valence-electron chi connectivity index (χ0n) is 11.3. The molecule has 0 aliphatic carbocycles. The molecular formula is C16H17ClN2O. The lowest BCUT2D eigenvalue weighted by atomic mass is 10.1. The summed E-state index contributed by atoms with van der Waals surface area (Å²) in [6.07, 6.45) is 0. The third kappa shape index (κ3) is 3.38. The number of benzene rings is 2. The molecule has 0 heterocycles. The quantitative estimate of drug-likeness (QED) is 0.908. The largest absolute Gasteiger partial charge is 0.348 e. The zero-order chi connectivity index (χ0) is 14.5. The standard InChI is InChI=1S/C16H17ClN2O/c1-11-8-14(17)6-7-15(11)16(20)19-10-13-5-3-2-4-12(13)9-18/h2-8H,9-10,18H2,1H3,(H,19,20). The summed E-state index contributed by atoms with van der Waals surface area (Å²) in [6, 6.07) is 13.1. The second-order valence-electron chi connectivity index (χ2n) is 4.61. The summed E-state index contributed by atoms with van der Waals surface area (Å²) in [4.78, 5) is 12.2. The summed E-state index contributed by atoms with van der Waals surface area (Å²) >= 11 is 5.89. The van der Waals surface area contributed by atoms with Gasteiger partial charge in [0, 0.05) is 23.7 Å². The number of halogens is 1. The fourth-order valence-corrected chi connectivity index (χ4v) is 2.31. The molecule has 0 saturated carbocycles. The van der Waals surface area contributed by atoms with Gasteiger partial charge in [-0.3, -0.25) is 4.79 Å². The molecule has 0 aromatic heterocycles. The molecule has 3 N–H and O–H groups in total. The molecule has 3 nitrogen and oxygen atoms in total. The van der Waals surface area contributed by atoms with E-state index in [2.05, 4.69) is 5.32 Å². The summed E-state index contributed by atoms with van der Waals surface area (Å²) in [7, 11) is 0. The van der Waals surface area contributed by atoms with E-state index in [1.165, 1.54) is 0 Å². The zero-order valence-corrected chi connectivity index (χ0v) is 12.1. The first-order valence-corrected chi connectivity index (χ1v) is 6.81. The van der Waals surface area contributed by atoms with Crippen molar-refractivity contribution in [3.8, 4) is 0 Å². The Hall–Kier alpha value is -1.84. The lowest BCUT2D eigenvalue weighted by Gasteiger charge is -2.10. The Bertz CT molecular complexity index is 626. The van der Waals surface area contributed by atoms with Crippen LogP contribution in [0.2, 0.25) is 5.02 Å². The average molecular weight is 289 g/mol. The molecule has 20 heavy (non-hydrogen) atoms. The van der Waals surface area contributed by atoms with Gasteiger partial charge < -0.3 is 11.1 Å². The maximum atomic E-state index is 12.2. The van der Waals surface area contributed by atoms with Gasteiger partial charge in [0.25, 0.3) is 5.91 Å². The van der Waals surface area contributed by atoms with Crippen molar-refractivity contribution in [3.05, 3.63) is 69.7 Å². The maximum Gasteiger partial charge on any atom is 0.251 e.